The highest BCUT2D eigenvalue weighted by Gasteiger charge is 2.30. The van der Waals surface area contributed by atoms with Crippen LogP contribution < -0.4 is 5.56 Å². The average Bonchev–Trinajstić information content (AvgIpc) is 2.88. The van der Waals surface area contributed by atoms with Crippen LogP contribution in [0.25, 0.3) is 16.8 Å². The molecule has 0 spiro atoms. The highest BCUT2D eigenvalue weighted by Crippen LogP contribution is 2.31. The summed E-state index contributed by atoms with van der Waals surface area (Å²) in [6.45, 7) is 1.89. The van der Waals surface area contributed by atoms with Gasteiger partial charge in [-0.3, -0.25) is 9.89 Å². The summed E-state index contributed by atoms with van der Waals surface area (Å²) >= 11 is 0. The molecule has 1 aromatic heterocycles. The first kappa shape index (κ1) is 15.1. The average molecular weight is 318 g/mol. The summed E-state index contributed by atoms with van der Waals surface area (Å²) < 4.78 is 39.7. The van der Waals surface area contributed by atoms with E-state index in [1.807, 2.05) is 25.1 Å². The van der Waals surface area contributed by atoms with Gasteiger partial charge in [0.25, 0.3) is 5.56 Å². The molecule has 3 nitrogen and oxygen atoms in total. The van der Waals surface area contributed by atoms with Gasteiger partial charge in [-0.1, -0.05) is 24.3 Å². The Labute approximate surface area is 130 Å². The fraction of sp³-hybridized carbons (Fsp3) is 0.118. The van der Waals surface area contributed by atoms with Crippen LogP contribution in [-0.2, 0) is 6.18 Å². The second-order valence-corrected chi connectivity index (χ2v) is 5.25. The van der Waals surface area contributed by atoms with Crippen LogP contribution in [0.3, 0.4) is 0 Å². The fourth-order valence-electron chi connectivity index (χ4n) is 2.40. The molecule has 0 aliphatic rings. The number of aromatic nitrogens is 2. The summed E-state index contributed by atoms with van der Waals surface area (Å²) in [5.74, 6) is 0. The second kappa shape index (κ2) is 5.46. The number of aryl methyl sites for hydroxylation is 1. The number of nitrogens with zero attached hydrogens (tertiary/aromatic N) is 1. The molecule has 23 heavy (non-hydrogen) atoms. The Morgan fingerprint density at radius 3 is 2.48 bits per heavy atom. The van der Waals surface area contributed by atoms with Crippen molar-refractivity contribution in [1.82, 2.24) is 9.78 Å². The van der Waals surface area contributed by atoms with Gasteiger partial charge < -0.3 is 0 Å². The maximum atomic E-state index is 12.8. The van der Waals surface area contributed by atoms with Gasteiger partial charge in [0.15, 0.2) is 0 Å². The van der Waals surface area contributed by atoms with Crippen molar-refractivity contribution in [3.05, 3.63) is 76.2 Å². The smallest absolute Gasteiger partial charge is 0.298 e. The lowest BCUT2D eigenvalue weighted by Gasteiger charge is -2.07. The number of hydrogen-bond donors (Lipinski definition) is 1. The quantitative estimate of drug-likeness (QED) is 0.757. The van der Waals surface area contributed by atoms with Crippen molar-refractivity contribution in [3.63, 3.8) is 0 Å². The van der Waals surface area contributed by atoms with Crippen LogP contribution in [0.2, 0.25) is 0 Å². The normalized spacial score (nSPS) is 11.7. The maximum absolute atomic E-state index is 12.8. The van der Waals surface area contributed by atoms with Gasteiger partial charge in [-0.2, -0.15) is 13.2 Å². The van der Waals surface area contributed by atoms with E-state index in [9.17, 15) is 18.0 Å². The van der Waals surface area contributed by atoms with Crippen molar-refractivity contribution in [3.8, 4) is 16.8 Å². The number of halogens is 3. The minimum atomic E-state index is -4.44. The molecule has 0 bridgehead atoms. The lowest BCUT2D eigenvalue weighted by molar-refractivity contribution is -0.137. The third-order valence-corrected chi connectivity index (χ3v) is 3.53. The van der Waals surface area contributed by atoms with Gasteiger partial charge in [-0.15, -0.1) is 0 Å². The third-order valence-electron chi connectivity index (χ3n) is 3.53. The van der Waals surface area contributed by atoms with E-state index in [4.69, 9.17) is 0 Å². The van der Waals surface area contributed by atoms with E-state index in [1.54, 1.807) is 6.07 Å². The minimum absolute atomic E-state index is 0.192. The highest BCUT2D eigenvalue weighted by molar-refractivity contribution is 5.63. The van der Waals surface area contributed by atoms with Gasteiger partial charge in [0.05, 0.1) is 16.8 Å². The maximum Gasteiger partial charge on any atom is 0.416 e. The summed E-state index contributed by atoms with van der Waals surface area (Å²) in [6, 6.07) is 12.0. The van der Waals surface area contributed by atoms with Crippen molar-refractivity contribution in [2.75, 3.05) is 0 Å². The largest absolute Gasteiger partial charge is 0.416 e. The van der Waals surface area contributed by atoms with E-state index >= 15 is 0 Å². The topological polar surface area (TPSA) is 37.8 Å². The van der Waals surface area contributed by atoms with Gasteiger partial charge in [-0.25, -0.2) is 4.68 Å². The molecule has 6 heteroatoms. The van der Waals surface area contributed by atoms with Crippen LogP contribution in [0.15, 0.2) is 59.5 Å². The van der Waals surface area contributed by atoms with E-state index in [1.165, 1.54) is 23.0 Å². The molecule has 118 valence electrons. The first-order valence-electron chi connectivity index (χ1n) is 6.91. The van der Waals surface area contributed by atoms with Gasteiger partial charge in [0, 0.05) is 6.20 Å². The predicted octanol–water partition coefficient (Wildman–Crippen LogP) is 4.16. The number of nitrogens with one attached hydrogen (secondary N) is 1. The summed E-state index contributed by atoms with van der Waals surface area (Å²) in [5.41, 5.74) is 0.857. The van der Waals surface area contributed by atoms with Crippen LogP contribution in [0.5, 0.6) is 0 Å². The fourth-order valence-corrected chi connectivity index (χ4v) is 2.40. The molecular weight excluding hydrogens is 305 g/mol. The molecule has 2 aromatic carbocycles. The van der Waals surface area contributed by atoms with E-state index < -0.39 is 17.3 Å². The molecule has 0 amide bonds. The Morgan fingerprint density at radius 1 is 1.04 bits per heavy atom. The lowest BCUT2D eigenvalue weighted by atomic mass is 10.1. The standard InChI is InChI=1S/C17H13F3N2O/c1-11-4-2-7-14(8-11)22-16(23)15(10-21-22)12-5-3-6-13(9-12)17(18,19)20/h2-10,21H,1H3. The van der Waals surface area contributed by atoms with E-state index in [-0.39, 0.29) is 11.1 Å². The van der Waals surface area contributed by atoms with Gasteiger partial charge in [0.1, 0.15) is 0 Å². The van der Waals surface area contributed by atoms with Crippen molar-refractivity contribution in [2.24, 2.45) is 0 Å². The number of H-pyrrole nitrogens is 1. The van der Waals surface area contributed by atoms with Gasteiger partial charge in [-0.05, 0) is 42.3 Å². The molecule has 0 atom stereocenters. The second-order valence-electron chi connectivity index (χ2n) is 5.25. The molecular formula is C17H13F3N2O. The summed E-state index contributed by atoms with van der Waals surface area (Å²) in [6.07, 6.45) is -3.03. The molecule has 0 saturated heterocycles. The Kier molecular flexibility index (Phi) is 3.60. The molecule has 1 N–H and O–H groups in total. The molecule has 3 rings (SSSR count). The van der Waals surface area contributed by atoms with Crippen LogP contribution in [0.1, 0.15) is 11.1 Å². The first-order chi connectivity index (χ1) is 10.9. The molecule has 0 saturated carbocycles. The molecule has 0 fully saturated rings. The first-order valence-corrected chi connectivity index (χ1v) is 6.91. The third kappa shape index (κ3) is 2.92. The molecule has 3 aromatic rings. The van der Waals surface area contributed by atoms with E-state index in [2.05, 4.69) is 5.10 Å². The summed E-state index contributed by atoms with van der Waals surface area (Å²) in [4.78, 5) is 12.5. The number of rotatable bonds is 2. The Balaban J connectivity index is 2.08. The lowest BCUT2D eigenvalue weighted by Crippen LogP contribution is -2.16. The van der Waals surface area contributed by atoms with Crippen molar-refractivity contribution in [2.45, 2.75) is 13.1 Å². The molecule has 1 heterocycles. The Hall–Kier alpha value is -2.76. The van der Waals surface area contributed by atoms with E-state index in [0.29, 0.717) is 5.69 Å². The van der Waals surface area contributed by atoms with Crippen LogP contribution in [0, 0.1) is 6.92 Å². The van der Waals surface area contributed by atoms with Crippen molar-refractivity contribution < 1.29 is 13.2 Å². The van der Waals surface area contributed by atoms with Crippen molar-refractivity contribution >= 4 is 0 Å². The zero-order valence-electron chi connectivity index (χ0n) is 12.2. The molecule has 0 aliphatic heterocycles. The number of alkyl halides is 3. The minimum Gasteiger partial charge on any atom is -0.298 e. The molecule has 0 aliphatic carbocycles. The Bertz CT molecular complexity index is 906. The number of benzene rings is 2. The van der Waals surface area contributed by atoms with Gasteiger partial charge in [0.2, 0.25) is 0 Å². The Morgan fingerprint density at radius 2 is 1.78 bits per heavy atom. The predicted molar refractivity (Wildman–Crippen MR) is 81.6 cm³/mol. The van der Waals surface area contributed by atoms with Gasteiger partial charge >= 0.3 is 6.18 Å². The summed E-state index contributed by atoms with van der Waals surface area (Å²) in [7, 11) is 0. The molecule has 0 radical (unpaired) electrons. The van der Waals surface area contributed by atoms with Crippen LogP contribution in [0.4, 0.5) is 13.2 Å². The zero-order chi connectivity index (χ0) is 16.6. The number of hydrogen-bond acceptors (Lipinski definition) is 1. The molecule has 0 unspecified atom stereocenters. The zero-order valence-corrected chi connectivity index (χ0v) is 12.2. The van der Waals surface area contributed by atoms with E-state index in [0.717, 1.165) is 17.7 Å². The van der Waals surface area contributed by atoms with Crippen molar-refractivity contribution in [1.29, 1.82) is 0 Å². The monoisotopic (exact) mass is 318 g/mol. The van der Waals surface area contributed by atoms with Crippen LogP contribution in [-0.4, -0.2) is 9.78 Å². The highest BCUT2D eigenvalue weighted by atomic mass is 19.4. The van der Waals surface area contributed by atoms with Crippen LogP contribution >= 0.6 is 0 Å². The summed E-state index contributed by atoms with van der Waals surface area (Å²) in [5, 5.41) is 2.80. The SMILES string of the molecule is Cc1cccc(-n2[nH]cc(-c3cccc(C(F)(F)F)c3)c2=O)c1. The number of aromatic amines is 1.